The molecule has 1 amide bonds. The Hall–Kier alpha value is -3.98. The molecule has 5 rings (SSSR count). The number of anilines is 1. The number of amides is 1. The lowest BCUT2D eigenvalue weighted by Gasteiger charge is -2.08. The molecule has 5 aromatic rings. The lowest BCUT2D eigenvalue weighted by Crippen LogP contribution is -2.32. The third-order valence-electron chi connectivity index (χ3n) is 4.96. The number of furan rings is 1. The molecule has 0 radical (unpaired) electrons. The Kier molecular flexibility index (Phi) is 6.81. The first-order valence-corrected chi connectivity index (χ1v) is 11.8. The van der Waals surface area contributed by atoms with Gasteiger partial charge in [-0.25, -0.2) is 4.98 Å². The summed E-state index contributed by atoms with van der Waals surface area (Å²) in [6.45, 7) is 0. The van der Waals surface area contributed by atoms with E-state index in [4.69, 9.17) is 44.3 Å². The molecule has 0 saturated carbocycles. The fraction of sp³-hybridized carbons (Fsp3) is 0. The number of fused-ring (bicyclic) bond motifs is 1. The van der Waals surface area contributed by atoms with Gasteiger partial charge in [-0.15, -0.1) is 0 Å². The van der Waals surface area contributed by atoms with Gasteiger partial charge >= 0.3 is 0 Å². The normalized spacial score (nSPS) is 11.2. The molecule has 3 heterocycles. The van der Waals surface area contributed by atoms with Gasteiger partial charge in [-0.1, -0.05) is 23.2 Å². The molecule has 36 heavy (non-hydrogen) atoms. The summed E-state index contributed by atoms with van der Waals surface area (Å²) in [6, 6.07) is 19.5. The molecular formula is C26H16Cl2N4O3S. The van der Waals surface area contributed by atoms with Crippen LogP contribution in [0.15, 0.2) is 87.8 Å². The van der Waals surface area contributed by atoms with Gasteiger partial charge in [0.25, 0.3) is 0 Å². The maximum absolute atomic E-state index is 12.3. The van der Waals surface area contributed by atoms with E-state index in [1.54, 1.807) is 54.7 Å². The second kappa shape index (κ2) is 10.3. The van der Waals surface area contributed by atoms with Gasteiger partial charge in [0.2, 0.25) is 11.8 Å². The van der Waals surface area contributed by atoms with Gasteiger partial charge in [-0.05, 0) is 85.0 Å². The standard InChI is InChI=1S/C26H16Cl2N4O3S/c27-17-12-16(13-18(28)14-17)21-9-7-20(34-21)8-10-23(33)31-26(36)30-19-5-3-15(4-6-19)25-32-24-22(35-25)2-1-11-29-24/h1-14H,(H2,30,31,33,36)/b10-8+. The van der Waals surface area contributed by atoms with Crippen LogP contribution in [-0.4, -0.2) is 21.0 Å². The van der Waals surface area contributed by atoms with Crippen LogP contribution in [0.3, 0.4) is 0 Å². The fourth-order valence-corrected chi connectivity index (χ4v) is 4.10. The number of pyridine rings is 1. The third-order valence-corrected chi connectivity index (χ3v) is 5.60. The first-order valence-electron chi connectivity index (χ1n) is 10.6. The number of carbonyl (C=O) groups excluding carboxylic acids is 1. The van der Waals surface area contributed by atoms with E-state index < -0.39 is 5.91 Å². The minimum Gasteiger partial charge on any atom is -0.457 e. The number of aromatic nitrogens is 2. The molecule has 0 saturated heterocycles. The van der Waals surface area contributed by atoms with Crippen molar-refractivity contribution in [3.05, 3.63) is 94.8 Å². The van der Waals surface area contributed by atoms with E-state index in [-0.39, 0.29) is 5.11 Å². The van der Waals surface area contributed by atoms with Crippen LogP contribution >= 0.6 is 35.4 Å². The molecule has 178 valence electrons. The van der Waals surface area contributed by atoms with Gasteiger partial charge in [0.15, 0.2) is 16.3 Å². The number of halogens is 2. The highest BCUT2D eigenvalue weighted by Crippen LogP contribution is 2.29. The Morgan fingerprint density at radius 3 is 2.47 bits per heavy atom. The fourth-order valence-electron chi connectivity index (χ4n) is 3.36. The lowest BCUT2D eigenvalue weighted by atomic mass is 10.2. The minimum atomic E-state index is -0.410. The maximum Gasteiger partial charge on any atom is 0.250 e. The molecule has 10 heteroatoms. The van der Waals surface area contributed by atoms with E-state index >= 15 is 0 Å². The van der Waals surface area contributed by atoms with Crippen molar-refractivity contribution in [3.63, 3.8) is 0 Å². The topological polar surface area (TPSA) is 93.2 Å². The monoisotopic (exact) mass is 534 g/mol. The highest BCUT2D eigenvalue weighted by Gasteiger charge is 2.10. The number of rotatable bonds is 5. The average Bonchev–Trinajstić information content (AvgIpc) is 3.50. The van der Waals surface area contributed by atoms with Crippen molar-refractivity contribution in [3.8, 4) is 22.8 Å². The van der Waals surface area contributed by atoms with Gasteiger partial charge in [-0.3, -0.25) is 10.1 Å². The van der Waals surface area contributed by atoms with Crippen LogP contribution in [0.1, 0.15) is 5.76 Å². The van der Waals surface area contributed by atoms with Crippen LogP contribution in [0, 0.1) is 0 Å². The Morgan fingerprint density at radius 2 is 1.72 bits per heavy atom. The highest BCUT2D eigenvalue weighted by molar-refractivity contribution is 7.80. The largest absolute Gasteiger partial charge is 0.457 e. The smallest absolute Gasteiger partial charge is 0.250 e. The van der Waals surface area contributed by atoms with E-state index in [0.29, 0.717) is 44.4 Å². The molecule has 3 aromatic heterocycles. The Morgan fingerprint density at radius 1 is 0.944 bits per heavy atom. The van der Waals surface area contributed by atoms with E-state index in [1.807, 2.05) is 18.2 Å². The molecule has 0 aliphatic rings. The van der Waals surface area contributed by atoms with Gasteiger partial charge in [-0.2, -0.15) is 4.98 Å². The number of nitrogens with zero attached hydrogens (tertiary/aromatic N) is 2. The molecule has 0 aliphatic heterocycles. The second-order valence-electron chi connectivity index (χ2n) is 7.56. The van der Waals surface area contributed by atoms with Crippen LogP contribution in [0.4, 0.5) is 5.69 Å². The zero-order chi connectivity index (χ0) is 25.1. The first-order chi connectivity index (χ1) is 17.4. The van der Waals surface area contributed by atoms with Crippen LogP contribution in [0.2, 0.25) is 10.0 Å². The number of benzene rings is 2. The van der Waals surface area contributed by atoms with Crippen molar-refractivity contribution >= 4 is 69.4 Å². The minimum absolute atomic E-state index is 0.150. The molecule has 2 N–H and O–H groups in total. The predicted octanol–water partition coefficient (Wildman–Crippen LogP) is 6.98. The number of oxazole rings is 1. The summed E-state index contributed by atoms with van der Waals surface area (Å²) in [7, 11) is 0. The van der Waals surface area contributed by atoms with Crippen LogP contribution in [0.5, 0.6) is 0 Å². The van der Waals surface area contributed by atoms with Crippen molar-refractivity contribution in [1.29, 1.82) is 0 Å². The van der Waals surface area contributed by atoms with Gasteiger partial charge in [0, 0.05) is 39.1 Å². The number of carbonyl (C=O) groups is 1. The highest BCUT2D eigenvalue weighted by atomic mass is 35.5. The molecule has 2 aromatic carbocycles. The SMILES string of the molecule is O=C(/C=C/c1ccc(-c2cc(Cl)cc(Cl)c2)o1)NC(=S)Nc1ccc(-c2nc3ncccc3o2)cc1. The Labute approximate surface area is 220 Å². The summed E-state index contributed by atoms with van der Waals surface area (Å²) < 4.78 is 11.5. The molecule has 0 unspecified atom stereocenters. The maximum atomic E-state index is 12.3. The zero-order valence-corrected chi connectivity index (χ0v) is 20.7. The Balaban J connectivity index is 1.17. The lowest BCUT2D eigenvalue weighted by molar-refractivity contribution is -0.115. The molecule has 0 fully saturated rings. The molecule has 0 spiro atoms. The first kappa shape index (κ1) is 23.7. The Bertz CT molecular complexity index is 1560. The number of hydrogen-bond donors (Lipinski definition) is 2. The van der Waals surface area contributed by atoms with E-state index in [1.165, 1.54) is 12.2 Å². The molecule has 0 atom stereocenters. The summed E-state index contributed by atoms with van der Waals surface area (Å²) in [4.78, 5) is 20.8. The van der Waals surface area contributed by atoms with Gasteiger partial charge in [0.1, 0.15) is 11.5 Å². The number of hydrogen-bond acceptors (Lipinski definition) is 6. The summed E-state index contributed by atoms with van der Waals surface area (Å²) in [5.74, 6) is 1.12. The molecule has 7 nitrogen and oxygen atoms in total. The number of thiocarbonyl (C=S) groups is 1. The average molecular weight is 535 g/mol. The van der Waals surface area contributed by atoms with Gasteiger partial charge in [0.05, 0.1) is 0 Å². The molecular weight excluding hydrogens is 519 g/mol. The predicted molar refractivity (Wildman–Crippen MR) is 145 cm³/mol. The summed E-state index contributed by atoms with van der Waals surface area (Å²) in [5.41, 5.74) is 3.38. The van der Waals surface area contributed by atoms with Crippen molar-refractivity contribution < 1.29 is 13.6 Å². The van der Waals surface area contributed by atoms with Crippen molar-refractivity contribution in [2.24, 2.45) is 0 Å². The van der Waals surface area contributed by atoms with Gasteiger partial charge < -0.3 is 14.2 Å². The van der Waals surface area contributed by atoms with Crippen LogP contribution < -0.4 is 10.6 Å². The van der Waals surface area contributed by atoms with E-state index in [9.17, 15) is 4.79 Å². The van der Waals surface area contributed by atoms with Crippen molar-refractivity contribution in [2.75, 3.05) is 5.32 Å². The van der Waals surface area contributed by atoms with Crippen LogP contribution in [0.25, 0.3) is 40.1 Å². The van der Waals surface area contributed by atoms with E-state index in [0.717, 1.165) is 11.1 Å². The molecule has 0 aliphatic carbocycles. The molecule has 0 bridgehead atoms. The van der Waals surface area contributed by atoms with E-state index in [2.05, 4.69) is 20.6 Å². The van der Waals surface area contributed by atoms with Crippen LogP contribution in [-0.2, 0) is 4.79 Å². The quantitative estimate of drug-likeness (QED) is 0.185. The second-order valence-corrected chi connectivity index (χ2v) is 8.84. The van der Waals surface area contributed by atoms with Crippen molar-refractivity contribution in [1.82, 2.24) is 15.3 Å². The van der Waals surface area contributed by atoms with Crippen molar-refractivity contribution in [2.45, 2.75) is 0 Å². The summed E-state index contributed by atoms with van der Waals surface area (Å²) >= 11 is 17.3. The number of nitrogens with one attached hydrogen (secondary N) is 2. The zero-order valence-electron chi connectivity index (χ0n) is 18.4. The summed E-state index contributed by atoms with van der Waals surface area (Å²) in [6.07, 6.45) is 4.53. The third kappa shape index (κ3) is 5.63. The summed E-state index contributed by atoms with van der Waals surface area (Å²) in [5, 5.41) is 6.72.